The molecule has 0 radical (unpaired) electrons. The van der Waals surface area contributed by atoms with Gasteiger partial charge >= 0.3 is 0 Å². The van der Waals surface area contributed by atoms with Crippen molar-refractivity contribution in [3.05, 3.63) is 31.0 Å². The summed E-state index contributed by atoms with van der Waals surface area (Å²) in [5, 5.41) is 9.05. The van der Waals surface area contributed by atoms with Crippen LogP contribution in [0.1, 0.15) is 0 Å². The number of nitrogens with zero attached hydrogens (tertiary/aromatic N) is 5. The minimum absolute atomic E-state index is 0.686. The first kappa shape index (κ1) is 9.22. The minimum atomic E-state index is 0.686. The molecule has 0 unspecified atom stereocenters. The highest BCUT2D eigenvalue weighted by Gasteiger charge is 2.07. The summed E-state index contributed by atoms with van der Waals surface area (Å²) in [6.07, 6.45) is 4.76. The summed E-state index contributed by atoms with van der Waals surface area (Å²) in [6.45, 7) is 0. The number of aromatic nitrogens is 6. The van der Waals surface area contributed by atoms with Crippen LogP contribution in [0.2, 0.25) is 0 Å². The number of nitrogens with one attached hydrogen (secondary N) is 1. The van der Waals surface area contributed by atoms with Crippen LogP contribution in [0.3, 0.4) is 0 Å². The monoisotopic (exact) mass is 230 g/mol. The Morgan fingerprint density at radius 2 is 2.19 bits per heavy atom. The Hall–Kier alpha value is -2.02. The van der Waals surface area contributed by atoms with Crippen LogP contribution < -0.4 is 0 Å². The molecule has 0 atom stereocenters. The van der Waals surface area contributed by atoms with E-state index < -0.39 is 0 Å². The van der Waals surface area contributed by atoms with Crippen molar-refractivity contribution in [2.45, 2.75) is 10.2 Å². The fourth-order valence-electron chi connectivity index (χ4n) is 1.28. The van der Waals surface area contributed by atoms with E-state index in [0.29, 0.717) is 5.16 Å². The minimum Gasteiger partial charge on any atom is -0.322 e. The van der Waals surface area contributed by atoms with Crippen LogP contribution in [0.15, 0.2) is 41.2 Å². The highest BCUT2D eigenvalue weighted by molar-refractivity contribution is 7.99. The molecule has 3 heterocycles. The number of aromatic amines is 1. The van der Waals surface area contributed by atoms with E-state index in [1.807, 2.05) is 12.1 Å². The van der Waals surface area contributed by atoms with Crippen molar-refractivity contribution in [3.8, 4) is 0 Å². The summed E-state index contributed by atoms with van der Waals surface area (Å²) in [5.74, 6) is 0. The van der Waals surface area contributed by atoms with Gasteiger partial charge in [-0.2, -0.15) is 0 Å². The third-order valence-electron chi connectivity index (χ3n) is 1.95. The van der Waals surface area contributed by atoms with Gasteiger partial charge in [0, 0.05) is 6.20 Å². The summed E-state index contributed by atoms with van der Waals surface area (Å²) >= 11 is 1.38. The molecule has 0 amide bonds. The normalized spacial score (nSPS) is 10.8. The van der Waals surface area contributed by atoms with Crippen molar-refractivity contribution >= 4 is 22.8 Å². The van der Waals surface area contributed by atoms with Gasteiger partial charge in [0.15, 0.2) is 5.16 Å². The van der Waals surface area contributed by atoms with Crippen LogP contribution in [0, 0.1) is 0 Å². The second-order valence-electron chi connectivity index (χ2n) is 2.95. The third kappa shape index (κ3) is 1.61. The van der Waals surface area contributed by atoms with Gasteiger partial charge in [-0.05, 0) is 23.9 Å². The van der Waals surface area contributed by atoms with Crippen LogP contribution >= 0.6 is 11.8 Å². The van der Waals surface area contributed by atoms with Crippen LogP contribution in [-0.4, -0.2) is 30.1 Å². The lowest BCUT2D eigenvalue weighted by Gasteiger charge is -2.00. The van der Waals surface area contributed by atoms with Crippen LogP contribution in [0.5, 0.6) is 0 Å². The lowest BCUT2D eigenvalue weighted by Crippen LogP contribution is -1.89. The molecule has 0 saturated heterocycles. The Morgan fingerprint density at radius 3 is 3.06 bits per heavy atom. The maximum atomic E-state index is 4.25. The lowest BCUT2D eigenvalue weighted by atomic mass is 10.4. The SMILES string of the molecule is c1cnc2c(Sc3nnc[nH]3)ncnc2c1. The molecule has 0 aliphatic rings. The lowest BCUT2D eigenvalue weighted by molar-refractivity contribution is 0.966. The fourth-order valence-corrected chi connectivity index (χ4v) is 2.02. The molecular formula is C9H6N6S. The Morgan fingerprint density at radius 1 is 1.19 bits per heavy atom. The predicted octanol–water partition coefficient (Wildman–Crippen LogP) is 1.29. The van der Waals surface area contributed by atoms with E-state index in [1.165, 1.54) is 24.4 Å². The first-order valence-electron chi connectivity index (χ1n) is 4.53. The highest BCUT2D eigenvalue weighted by atomic mass is 32.2. The van der Waals surface area contributed by atoms with Gasteiger partial charge in [0.05, 0.1) is 5.52 Å². The molecule has 3 rings (SSSR count). The van der Waals surface area contributed by atoms with Gasteiger partial charge in [-0.3, -0.25) is 4.98 Å². The molecule has 0 aromatic carbocycles. The van der Waals surface area contributed by atoms with E-state index in [2.05, 4.69) is 30.1 Å². The average molecular weight is 230 g/mol. The van der Waals surface area contributed by atoms with Crippen molar-refractivity contribution in [2.24, 2.45) is 0 Å². The fraction of sp³-hybridized carbons (Fsp3) is 0. The smallest absolute Gasteiger partial charge is 0.194 e. The summed E-state index contributed by atoms with van der Waals surface area (Å²) in [7, 11) is 0. The molecule has 7 heteroatoms. The van der Waals surface area contributed by atoms with Crippen molar-refractivity contribution in [1.29, 1.82) is 0 Å². The highest BCUT2D eigenvalue weighted by Crippen LogP contribution is 2.26. The second-order valence-corrected chi connectivity index (χ2v) is 3.92. The standard InChI is InChI=1S/C9H6N6S/c1-2-6-7(10-3-1)8(12-4-11-6)16-9-13-5-14-15-9/h1-5H,(H,13,14,15). The maximum Gasteiger partial charge on any atom is 0.194 e. The number of rotatable bonds is 2. The van der Waals surface area contributed by atoms with Gasteiger partial charge < -0.3 is 4.98 Å². The summed E-state index contributed by atoms with van der Waals surface area (Å²) < 4.78 is 0. The van der Waals surface area contributed by atoms with Crippen molar-refractivity contribution < 1.29 is 0 Å². The number of pyridine rings is 1. The van der Waals surface area contributed by atoms with Gasteiger partial charge in [-0.25, -0.2) is 9.97 Å². The van der Waals surface area contributed by atoms with E-state index >= 15 is 0 Å². The first-order valence-corrected chi connectivity index (χ1v) is 5.35. The van der Waals surface area contributed by atoms with E-state index in [9.17, 15) is 0 Å². The van der Waals surface area contributed by atoms with Gasteiger partial charge in [-0.1, -0.05) is 0 Å². The quantitative estimate of drug-likeness (QED) is 0.668. The van der Waals surface area contributed by atoms with E-state index in [-0.39, 0.29) is 0 Å². The van der Waals surface area contributed by atoms with E-state index in [0.717, 1.165) is 16.1 Å². The molecule has 0 spiro atoms. The molecule has 3 aromatic rings. The Kier molecular flexibility index (Phi) is 2.22. The summed E-state index contributed by atoms with van der Waals surface area (Å²) in [6, 6.07) is 3.74. The molecule has 0 aliphatic carbocycles. The molecule has 78 valence electrons. The molecule has 1 N–H and O–H groups in total. The predicted molar refractivity (Wildman–Crippen MR) is 57.8 cm³/mol. The molecule has 6 nitrogen and oxygen atoms in total. The maximum absolute atomic E-state index is 4.25. The molecule has 0 aliphatic heterocycles. The van der Waals surface area contributed by atoms with Gasteiger partial charge in [-0.15, -0.1) is 10.2 Å². The zero-order chi connectivity index (χ0) is 10.8. The van der Waals surface area contributed by atoms with Crippen LogP contribution in [0.25, 0.3) is 11.0 Å². The van der Waals surface area contributed by atoms with Gasteiger partial charge in [0.25, 0.3) is 0 Å². The number of fused-ring (bicyclic) bond motifs is 1. The number of H-pyrrole nitrogens is 1. The summed E-state index contributed by atoms with van der Waals surface area (Å²) in [5.41, 5.74) is 1.59. The molecule has 0 fully saturated rings. The largest absolute Gasteiger partial charge is 0.322 e. The molecular weight excluding hydrogens is 224 g/mol. The van der Waals surface area contributed by atoms with E-state index in [1.54, 1.807) is 6.20 Å². The Bertz CT molecular complexity index is 603. The van der Waals surface area contributed by atoms with Crippen molar-refractivity contribution in [2.75, 3.05) is 0 Å². The van der Waals surface area contributed by atoms with Crippen LogP contribution in [0.4, 0.5) is 0 Å². The first-order chi connectivity index (χ1) is 7.93. The average Bonchev–Trinajstić information content (AvgIpc) is 2.82. The Balaban J connectivity index is 2.10. The van der Waals surface area contributed by atoms with E-state index in [4.69, 9.17) is 0 Å². The zero-order valence-corrected chi connectivity index (χ0v) is 8.85. The molecule has 16 heavy (non-hydrogen) atoms. The van der Waals surface area contributed by atoms with Gasteiger partial charge in [0.1, 0.15) is 23.2 Å². The number of hydrogen-bond donors (Lipinski definition) is 1. The third-order valence-corrected chi connectivity index (χ3v) is 2.83. The molecule has 3 aromatic heterocycles. The Labute approximate surface area is 94.6 Å². The second kappa shape index (κ2) is 3.86. The van der Waals surface area contributed by atoms with Crippen molar-refractivity contribution in [1.82, 2.24) is 30.1 Å². The zero-order valence-electron chi connectivity index (χ0n) is 8.03. The topological polar surface area (TPSA) is 80.2 Å². The van der Waals surface area contributed by atoms with Gasteiger partial charge in [0.2, 0.25) is 0 Å². The molecule has 0 bridgehead atoms. The molecule has 0 saturated carbocycles. The van der Waals surface area contributed by atoms with Crippen LogP contribution in [-0.2, 0) is 0 Å². The number of hydrogen-bond acceptors (Lipinski definition) is 6. The summed E-state index contributed by atoms with van der Waals surface area (Å²) in [4.78, 5) is 15.5. The van der Waals surface area contributed by atoms with Crippen molar-refractivity contribution in [3.63, 3.8) is 0 Å².